The number of carbonyl (C=O) groups excluding carboxylic acids is 1. The Morgan fingerprint density at radius 1 is 1.30 bits per heavy atom. The van der Waals surface area contributed by atoms with E-state index in [9.17, 15) is 4.79 Å². The minimum absolute atomic E-state index is 0.0290. The topological polar surface area (TPSA) is 67.6 Å². The zero-order chi connectivity index (χ0) is 14.8. The Hall–Kier alpha value is -1.43. The van der Waals surface area contributed by atoms with Crippen LogP contribution in [0.2, 0.25) is 0 Å². The molecule has 112 valence electrons. The monoisotopic (exact) mass is 279 g/mol. The molecule has 0 atom stereocenters. The van der Waals surface area contributed by atoms with E-state index in [1.54, 1.807) is 7.11 Å². The highest BCUT2D eigenvalue weighted by molar-refractivity contribution is 5.90. The largest absolute Gasteiger partial charge is 0.383 e. The van der Waals surface area contributed by atoms with Gasteiger partial charge in [-0.15, -0.1) is 0 Å². The Morgan fingerprint density at radius 3 is 2.55 bits per heavy atom. The van der Waals surface area contributed by atoms with Crippen molar-refractivity contribution in [3.63, 3.8) is 0 Å². The van der Waals surface area contributed by atoms with Crippen molar-refractivity contribution < 1.29 is 9.53 Å². The third-order valence-electron chi connectivity index (χ3n) is 3.19. The summed E-state index contributed by atoms with van der Waals surface area (Å²) in [4.78, 5) is 14.1. The normalized spacial score (nSPS) is 10.8. The van der Waals surface area contributed by atoms with Gasteiger partial charge in [0.05, 0.1) is 6.61 Å². The lowest BCUT2D eigenvalue weighted by atomic mass is 10.2. The lowest BCUT2D eigenvalue weighted by molar-refractivity contribution is -0.116. The number of anilines is 1. The van der Waals surface area contributed by atoms with Gasteiger partial charge in [0, 0.05) is 38.9 Å². The highest BCUT2D eigenvalue weighted by atomic mass is 16.5. The molecule has 1 amide bonds. The summed E-state index contributed by atoms with van der Waals surface area (Å²) in [7, 11) is 1.69. The number of nitrogens with one attached hydrogen (secondary N) is 1. The number of methoxy groups -OCH3 is 1. The molecule has 0 spiro atoms. The van der Waals surface area contributed by atoms with Crippen LogP contribution in [0.25, 0.3) is 0 Å². The fraction of sp³-hybridized carbons (Fsp3) is 0.533. The van der Waals surface area contributed by atoms with Crippen molar-refractivity contribution in [2.24, 2.45) is 5.73 Å². The standard InChI is InChI=1S/C15H25N3O2/c1-3-18(10-11-20-2)9-8-15(19)17-14-6-4-13(12-16)5-7-14/h4-7H,3,8-12,16H2,1-2H3,(H,17,19). The molecule has 0 unspecified atom stereocenters. The van der Waals surface area contributed by atoms with E-state index in [1.807, 2.05) is 24.3 Å². The maximum Gasteiger partial charge on any atom is 0.225 e. The molecule has 5 heteroatoms. The van der Waals surface area contributed by atoms with Gasteiger partial charge in [-0.1, -0.05) is 19.1 Å². The SMILES string of the molecule is CCN(CCOC)CCC(=O)Nc1ccc(CN)cc1. The van der Waals surface area contributed by atoms with Crippen LogP contribution in [0.1, 0.15) is 18.9 Å². The molecule has 1 aromatic rings. The van der Waals surface area contributed by atoms with Gasteiger partial charge in [-0.2, -0.15) is 0 Å². The first-order chi connectivity index (χ1) is 9.69. The first-order valence-electron chi connectivity index (χ1n) is 6.99. The minimum atomic E-state index is 0.0290. The minimum Gasteiger partial charge on any atom is -0.383 e. The summed E-state index contributed by atoms with van der Waals surface area (Å²) < 4.78 is 5.05. The molecular weight excluding hydrogens is 254 g/mol. The van der Waals surface area contributed by atoms with Gasteiger partial charge in [0.15, 0.2) is 0 Å². The van der Waals surface area contributed by atoms with E-state index in [2.05, 4.69) is 17.1 Å². The second kappa shape index (κ2) is 9.47. The van der Waals surface area contributed by atoms with E-state index in [0.717, 1.165) is 30.9 Å². The summed E-state index contributed by atoms with van der Waals surface area (Å²) in [6.07, 6.45) is 0.482. The molecule has 0 saturated heterocycles. The van der Waals surface area contributed by atoms with E-state index < -0.39 is 0 Å². The zero-order valence-corrected chi connectivity index (χ0v) is 12.4. The summed E-state index contributed by atoms with van der Waals surface area (Å²) in [6.45, 7) is 5.80. The first-order valence-corrected chi connectivity index (χ1v) is 6.99. The number of hydrogen-bond donors (Lipinski definition) is 2. The smallest absolute Gasteiger partial charge is 0.225 e. The fourth-order valence-electron chi connectivity index (χ4n) is 1.86. The summed E-state index contributed by atoms with van der Waals surface area (Å²) in [5.74, 6) is 0.0290. The number of amides is 1. The Kier molecular flexibility index (Phi) is 7.87. The number of nitrogens with zero attached hydrogens (tertiary/aromatic N) is 1. The van der Waals surface area contributed by atoms with Crippen molar-refractivity contribution >= 4 is 11.6 Å². The number of nitrogens with two attached hydrogens (primary N) is 1. The number of ether oxygens (including phenoxy) is 1. The molecule has 0 bridgehead atoms. The highest BCUT2D eigenvalue weighted by Crippen LogP contribution is 2.09. The molecule has 0 radical (unpaired) electrons. The Morgan fingerprint density at radius 2 is 2.00 bits per heavy atom. The molecular formula is C15H25N3O2. The van der Waals surface area contributed by atoms with Crippen molar-refractivity contribution in [2.75, 3.05) is 38.7 Å². The quantitative estimate of drug-likeness (QED) is 0.718. The van der Waals surface area contributed by atoms with Crippen molar-refractivity contribution in [3.05, 3.63) is 29.8 Å². The van der Waals surface area contributed by atoms with E-state index in [-0.39, 0.29) is 5.91 Å². The second-order valence-electron chi connectivity index (χ2n) is 4.63. The van der Waals surface area contributed by atoms with Crippen LogP contribution in [0, 0.1) is 0 Å². The molecule has 1 rings (SSSR count). The van der Waals surface area contributed by atoms with Gasteiger partial charge in [-0.25, -0.2) is 0 Å². The molecule has 0 aliphatic rings. The van der Waals surface area contributed by atoms with Crippen molar-refractivity contribution in [1.29, 1.82) is 0 Å². The maximum absolute atomic E-state index is 11.9. The Bertz CT molecular complexity index is 393. The van der Waals surface area contributed by atoms with Gasteiger partial charge < -0.3 is 20.7 Å². The molecule has 0 saturated carbocycles. The molecule has 0 aliphatic carbocycles. The summed E-state index contributed by atoms with van der Waals surface area (Å²) in [5, 5.41) is 2.89. The van der Waals surface area contributed by atoms with Crippen molar-refractivity contribution in [2.45, 2.75) is 19.9 Å². The summed E-state index contributed by atoms with van der Waals surface area (Å²) >= 11 is 0. The van der Waals surface area contributed by atoms with Crippen LogP contribution in [-0.4, -0.2) is 44.2 Å². The molecule has 0 fully saturated rings. The third-order valence-corrected chi connectivity index (χ3v) is 3.19. The summed E-state index contributed by atoms with van der Waals surface area (Å²) in [5.41, 5.74) is 7.40. The lowest BCUT2D eigenvalue weighted by Gasteiger charge is -2.19. The number of benzene rings is 1. The van der Waals surface area contributed by atoms with Gasteiger partial charge in [0.25, 0.3) is 0 Å². The van der Waals surface area contributed by atoms with E-state index in [0.29, 0.717) is 19.6 Å². The molecule has 3 N–H and O–H groups in total. The Labute approximate surface area is 121 Å². The van der Waals surface area contributed by atoms with Crippen molar-refractivity contribution in [3.8, 4) is 0 Å². The number of carbonyl (C=O) groups is 1. The maximum atomic E-state index is 11.9. The molecule has 0 aromatic heterocycles. The van der Waals surface area contributed by atoms with Crippen molar-refractivity contribution in [1.82, 2.24) is 4.90 Å². The molecule has 0 heterocycles. The average molecular weight is 279 g/mol. The van der Waals surface area contributed by atoms with E-state index in [4.69, 9.17) is 10.5 Å². The third kappa shape index (κ3) is 6.14. The van der Waals surface area contributed by atoms with Gasteiger partial charge in [-0.3, -0.25) is 4.79 Å². The van der Waals surface area contributed by atoms with Crippen LogP contribution in [0.15, 0.2) is 24.3 Å². The summed E-state index contributed by atoms with van der Waals surface area (Å²) in [6, 6.07) is 7.60. The number of rotatable bonds is 9. The van der Waals surface area contributed by atoms with Crippen LogP contribution in [-0.2, 0) is 16.1 Å². The van der Waals surface area contributed by atoms with Crippen LogP contribution < -0.4 is 11.1 Å². The lowest BCUT2D eigenvalue weighted by Crippen LogP contribution is -2.30. The first kappa shape index (κ1) is 16.6. The van der Waals surface area contributed by atoms with Gasteiger partial charge in [0.1, 0.15) is 0 Å². The highest BCUT2D eigenvalue weighted by Gasteiger charge is 2.07. The second-order valence-corrected chi connectivity index (χ2v) is 4.63. The van der Waals surface area contributed by atoms with Gasteiger partial charge in [-0.05, 0) is 24.2 Å². The predicted octanol–water partition coefficient (Wildman–Crippen LogP) is 1.44. The zero-order valence-electron chi connectivity index (χ0n) is 12.4. The molecule has 20 heavy (non-hydrogen) atoms. The van der Waals surface area contributed by atoms with Gasteiger partial charge >= 0.3 is 0 Å². The molecule has 5 nitrogen and oxygen atoms in total. The van der Waals surface area contributed by atoms with E-state index in [1.165, 1.54) is 0 Å². The van der Waals surface area contributed by atoms with Crippen LogP contribution >= 0.6 is 0 Å². The van der Waals surface area contributed by atoms with Gasteiger partial charge in [0.2, 0.25) is 5.91 Å². The number of hydrogen-bond acceptors (Lipinski definition) is 4. The van der Waals surface area contributed by atoms with Crippen LogP contribution in [0.4, 0.5) is 5.69 Å². The average Bonchev–Trinajstić information content (AvgIpc) is 2.48. The Balaban J connectivity index is 2.34. The number of likely N-dealkylation sites (N-methyl/N-ethyl adjacent to an activating group) is 1. The van der Waals surface area contributed by atoms with Crippen LogP contribution in [0.3, 0.4) is 0 Å². The predicted molar refractivity (Wildman–Crippen MR) is 81.6 cm³/mol. The van der Waals surface area contributed by atoms with Crippen LogP contribution in [0.5, 0.6) is 0 Å². The van der Waals surface area contributed by atoms with E-state index >= 15 is 0 Å². The molecule has 0 aliphatic heterocycles. The fourth-order valence-corrected chi connectivity index (χ4v) is 1.86. The molecule has 1 aromatic carbocycles.